The molecule has 0 saturated carbocycles. The number of halogens is 1. The van der Waals surface area contributed by atoms with Crippen molar-refractivity contribution in [3.05, 3.63) is 321 Å². The molecule has 0 bridgehead atoms. The maximum Gasteiger partial charge on any atom is 0.235 e. The van der Waals surface area contributed by atoms with Crippen molar-refractivity contribution in [2.24, 2.45) is 0 Å². The smallest absolute Gasteiger partial charge is 0.235 e. The number of aromatic amines is 1. The van der Waals surface area contributed by atoms with E-state index in [0.717, 1.165) is 64.8 Å². The highest BCUT2D eigenvalue weighted by atomic mass is 35.5. The zero-order valence-corrected chi connectivity index (χ0v) is 57.2. The van der Waals surface area contributed by atoms with E-state index in [-0.39, 0.29) is 0 Å². The molecule has 0 fully saturated rings. The summed E-state index contributed by atoms with van der Waals surface area (Å²) >= 11 is 9.59. The predicted octanol–water partition coefficient (Wildman–Crippen LogP) is 25.7. The van der Waals surface area contributed by atoms with E-state index in [1.54, 1.807) is 22.7 Å². The maximum absolute atomic E-state index is 6.11. The summed E-state index contributed by atoms with van der Waals surface area (Å²) < 4.78 is 11.8. The quantitative estimate of drug-likeness (QED) is 0.174. The van der Waals surface area contributed by atoms with E-state index >= 15 is 0 Å². The van der Waals surface area contributed by atoms with Gasteiger partial charge in [0.2, 0.25) is 11.2 Å². The summed E-state index contributed by atoms with van der Waals surface area (Å²) in [5.74, 6) is 0.680. The molecule has 0 aliphatic carbocycles. The van der Waals surface area contributed by atoms with Crippen LogP contribution in [0.25, 0.3) is 211 Å². The summed E-state index contributed by atoms with van der Waals surface area (Å²) in [4.78, 5) is 23.5. The molecule has 0 aliphatic rings. The molecule has 0 unspecified atom stereocenters. The average Bonchev–Trinajstić information content (AvgIpc) is 1.52. The van der Waals surface area contributed by atoms with Crippen LogP contribution in [0.4, 0.5) is 0 Å². The van der Waals surface area contributed by atoms with Crippen molar-refractivity contribution in [1.29, 1.82) is 0 Å². The third-order valence-corrected chi connectivity index (χ3v) is 23.4. The third kappa shape index (κ3) is 8.69. The number of hydrogen-bond donors (Lipinski definition) is 1. The molecule has 480 valence electrons. The number of para-hydroxylation sites is 4. The topological polar surface area (TPSA) is 81.1 Å². The second-order valence-electron chi connectivity index (χ2n) is 26.5. The molecule has 0 amide bonds. The SMILES string of the molecule is Clc1nc(-c2ccccc2)c2sc3ccccc3c2n1.c1ccc(-c2ccc3[nH]c4cc5c6ccccc6n6c7ccccc7c(c4c3c2)c56)cc1.c1ccc(-c2ccc3c(c2)c2c4c5ccccc5n5c6ccccc6c(cc2n3-c2nc(-c3ccccc3)c3sc6ccccc6c3n2)c45)cc1. The Labute approximate surface area is 600 Å². The molecule has 0 saturated heterocycles. The van der Waals surface area contributed by atoms with Gasteiger partial charge in [-0.25, -0.2) is 19.9 Å². The van der Waals surface area contributed by atoms with Gasteiger partial charge < -0.3 is 13.8 Å². The van der Waals surface area contributed by atoms with Gasteiger partial charge in [0, 0.05) is 107 Å². The Morgan fingerprint density at radius 2 is 0.699 bits per heavy atom. The van der Waals surface area contributed by atoms with Crippen LogP contribution in [-0.2, 0) is 0 Å². The van der Waals surface area contributed by atoms with E-state index in [9.17, 15) is 0 Å². The molecule has 14 aromatic carbocycles. The van der Waals surface area contributed by atoms with E-state index in [1.807, 2.05) is 42.5 Å². The normalized spacial score (nSPS) is 12.1. The highest BCUT2D eigenvalue weighted by Gasteiger charge is 2.28. The summed E-state index contributed by atoms with van der Waals surface area (Å²) in [5.41, 5.74) is 23.0. The van der Waals surface area contributed by atoms with Crippen LogP contribution in [0.3, 0.4) is 0 Å². The molecule has 0 atom stereocenters. The van der Waals surface area contributed by atoms with Gasteiger partial charge in [0.25, 0.3) is 0 Å². The van der Waals surface area contributed by atoms with E-state index in [2.05, 4.69) is 301 Å². The molecule has 24 rings (SSSR count). The molecule has 0 spiro atoms. The summed E-state index contributed by atoms with van der Waals surface area (Å²) in [6.45, 7) is 0. The minimum absolute atomic E-state index is 0.292. The fourth-order valence-corrected chi connectivity index (χ4v) is 19.1. The fraction of sp³-hybridized carbons (Fsp3) is 0. The summed E-state index contributed by atoms with van der Waals surface area (Å²) in [6.07, 6.45) is 0. The molecule has 1 N–H and O–H groups in total. The van der Waals surface area contributed by atoms with Gasteiger partial charge in [-0.05, 0) is 107 Å². The average molecular weight is 1370 g/mol. The molecule has 0 aliphatic heterocycles. The van der Waals surface area contributed by atoms with Crippen molar-refractivity contribution in [1.82, 2.24) is 38.3 Å². The van der Waals surface area contributed by atoms with Gasteiger partial charge in [0.1, 0.15) is 0 Å². The lowest BCUT2D eigenvalue weighted by atomic mass is 9.99. The minimum Gasteiger partial charge on any atom is -0.354 e. The number of thiophene rings is 2. The molecule has 0 radical (unpaired) electrons. The lowest BCUT2D eigenvalue weighted by Crippen LogP contribution is -2.02. The lowest BCUT2D eigenvalue weighted by Gasteiger charge is -2.10. The number of aromatic nitrogens is 8. The molecule has 8 nitrogen and oxygen atoms in total. The van der Waals surface area contributed by atoms with Crippen LogP contribution in [0.1, 0.15) is 0 Å². The van der Waals surface area contributed by atoms with Crippen molar-refractivity contribution >= 4 is 195 Å². The number of fused-ring (bicyclic) bond motifs is 26. The highest BCUT2D eigenvalue weighted by Crippen LogP contribution is 2.50. The maximum atomic E-state index is 6.11. The van der Waals surface area contributed by atoms with Crippen molar-refractivity contribution in [3.63, 3.8) is 0 Å². The predicted molar refractivity (Wildman–Crippen MR) is 436 cm³/mol. The molecule has 10 aromatic heterocycles. The van der Waals surface area contributed by atoms with Crippen molar-refractivity contribution in [3.8, 4) is 50.7 Å². The van der Waals surface area contributed by atoms with Crippen LogP contribution >= 0.6 is 34.3 Å². The molecular weight excluding hydrogens is 1320 g/mol. The van der Waals surface area contributed by atoms with Crippen molar-refractivity contribution < 1.29 is 0 Å². The third-order valence-electron chi connectivity index (χ3n) is 20.9. The van der Waals surface area contributed by atoms with Gasteiger partial charge in [-0.3, -0.25) is 4.57 Å². The Balaban J connectivity index is 0.000000109. The Morgan fingerprint density at radius 1 is 0.272 bits per heavy atom. The molecule has 10 heterocycles. The van der Waals surface area contributed by atoms with Gasteiger partial charge in [0.15, 0.2) is 0 Å². The first-order valence-electron chi connectivity index (χ1n) is 34.5. The fourth-order valence-electron chi connectivity index (χ4n) is 16.6. The van der Waals surface area contributed by atoms with E-state index in [1.165, 1.54) is 140 Å². The molecular formula is C92H53ClN8S2. The Bertz CT molecular complexity index is 7560. The van der Waals surface area contributed by atoms with Crippen molar-refractivity contribution in [2.75, 3.05) is 0 Å². The van der Waals surface area contributed by atoms with Gasteiger partial charge in [0.05, 0.1) is 76.0 Å². The highest BCUT2D eigenvalue weighted by molar-refractivity contribution is 7.26. The first-order valence-corrected chi connectivity index (χ1v) is 36.6. The Morgan fingerprint density at radius 3 is 1.25 bits per heavy atom. The van der Waals surface area contributed by atoms with E-state index < -0.39 is 0 Å². The van der Waals surface area contributed by atoms with Gasteiger partial charge >= 0.3 is 0 Å². The van der Waals surface area contributed by atoms with Crippen LogP contribution < -0.4 is 0 Å². The molecule has 103 heavy (non-hydrogen) atoms. The largest absolute Gasteiger partial charge is 0.354 e. The zero-order chi connectivity index (χ0) is 67.5. The van der Waals surface area contributed by atoms with Crippen LogP contribution in [0, 0.1) is 0 Å². The van der Waals surface area contributed by atoms with Gasteiger partial charge in [-0.2, -0.15) is 0 Å². The summed E-state index contributed by atoms with van der Waals surface area (Å²) in [5, 5.41) is 17.9. The Hall–Kier alpha value is -12.8. The van der Waals surface area contributed by atoms with E-state index in [0.29, 0.717) is 11.2 Å². The number of rotatable bonds is 5. The monoisotopic (exact) mass is 1370 g/mol. The number of nitrogens with zero attached hydrogens (tertiary/aromatic N) is 7. The minimum atomic E-state index is 0.292. The number of benzene rings is 14. The second kappa shape index (κ2) is 22.6. The first-order chi connectivity index (χ1) is 51.0. The number of nitrogens with one attached hydrogen (secondary N) is 1. The van der Waals surface area contributed by atoms with Crippen LogP contribution in [0.2, 0.25) is 5.28 Å². The lowest BCUT2D eigenvalue weighted by molar-refractivity contribution is 1.02. The summed E-state index contributed by atoms with van der Waals surface area (Å²) in [7, 11) is 0. The first kappa shape index (κ1) is 58.0. The van der Waals surface area contributed by atoms with Gasteiger partial charge in [-0.1, -0.05) is 243 Å². The number of H-pyrrole nitrogens is 1. The van der Waals surface area contributed by atoms with Gasteiger partial charge in [-0.15, -0.1) is 22.7 Å². The molecule has 24 aromatic rings. The Kier molecular flexibility index (Phi) is 12.7. The van der Waals surface area contributed by atoms with Crippen LogP contribution in [0.15, 0.2) is 315 Å². The molecule has 11 heteroatoms. The number of hydrogen-bond acceptors (Lipinski definition) is 6. The second-order valence-corrected chi connectivity index (χ2v) is 29.0. The summed E-state index contributed by atoms with van der Waals surface area (Å²) in [6, 6.07) is 112. The zero-order valence-electron chi connectivity index (χ0n) is 54.8. The van der Waals surface area contributed by atoms with E-state index in [4.69, 9.17) is 21.6 Å². The van der Waals surface area contributed by atoms with Crippen LogP contribution in [-0.4, -0.2) is 38.3 Å². The standard InChI is InChI=1S/C46H26N4S.C30H18N2.C16H9ClN2S/c1-3-13-27(14-4-1)29-23-24-37-34(25-29)40-38(26-33-30-17-7-10-20-35(30)49-36-21-11-8-18-31(36)41(40)44(33)49)50(37)46-47-42(28-15-5-2-6-16-28)45-43(48-46)32-19-9-12-22-39(32)51-45;1-2-8-18(9-3-1)19-14-15-24-23(16-19)28-25(31-24)17-22-20-10-4-6-12-26(20)32-27-13-7-5-11-21(27)29(28)30(22)32;17-16-18-13(10-6-2-1-3-7-10)15-14(19-16)11-8-4-5-9-12(11)20-15/h1-26H;1-17,31H;1-9H. The van der Waals surface area contributed by atoms with Crippen LogP contribution in [0.5, 0.6) is 0 Å². The van der Waals surface area contributed by atoms with Crippen molar-refractivity contribution in [2.45, 2.75) is 0 Å².